The van der Waals surface area contributed by atoms with E-state index in [0.29, 0.717) is 18.0 Å². The largest absolute Gasteiger partial charge is 0.378 e. The van der Waals surface area contributed by atoms with Crippen LogP contribution in [0.5, 0.6) is 0 Å². The molecule has 1 aliphatic rings. The Hall–Kier alpha value is -0.470. The molecule has 1 aromatic heterocycles. The van der Waals surface area contributed by atoms with E-state index in [4.69, 9.17) is 4.74 Å². The fraction of sp³-hybridized carbons (Fsp3) is 0.692. The topological polar surface area (TPSA) is 67.4 Å². The van der Waals surface area contributed by atoms with E-state index in [1.165, 1.54) is 11.3 Å². The van der Waals surface area contributed by atoms with Crippen LogP contribution in [0, 0.1) is 12.8 Å². The monoisotopic (exact) mass is 318 g/mol. The zero-order valence-electron chi connectivity index (χ0n) is 12.1. The highest BCUT2D eigenvalue weighted by atomic mass is 32.2. The Morgan fingerprint density at radius 2 is 2.25 bits per heavy atom. The van der Waals surface area contributed by atoms with Crippen molar-refractivity contribution in [3.8, 4) is 0 Å². The van der Waals surface area contributed by atoms with Crippen LogP contribution in [-0.2, 0) is 21.3 Å². The Morgan fingerprint density at radius 1 is 1.50 bits per heavy atom. The van der Waals surface area contributed by atoms with E-state index < -0.39 is 10.0 Å². The third kappa shape index (κ3) is 3.59. The summed E-state index contributed by atoms with van der Waals surface area (Å²) >= 11 is 1.52. The van der Waals surface area contributed by atoms with Gasteiger partial charge in [-0.25, -0.2) is 13.1 Å². The Kier molecular flexibility index (Phi) is 5.19. The molecule has 2 rings (SSSR count). The summed E-state index contributed by atoms with van der Waals surface area (Å²) in [6, 6.07) is 1.76. The molecule has 2 unspecified atom stereocenters. The highest BCUT2D eigenvalue weighted by Gasteiger charge is 2.27. The lowest BCUT2D eigenvalue weighted by molar-refractivity contribution is 0.107. The van der Waals surface area contributed by atoms with Crippen molar-refractivity contribution < 1.29 is 13.2 Å². The van der Waals surface area contributed by atoms with Crippen molar-refractivity contribution in [3.63, 3.8) is 0 Å². The summed E-state index contributed by atoms with van der Waals surface area (Å²) in [5, 5.41) is 3.04. The predicted molar refractivity (Wildman–Crippen MR) is 80.5 cm³/mol. The normalized spacial score (nSPS) is 23.4. The van der Waals surface area contributed by atoms with E-state index in [9.17, 15) is 8.42 Å². The van der Waals surface area contributed by atoms with Gasteiger partial charge < -0.3 is 10.1 Å². The highest BCUT2D eigenvalue weighted by Crippen LogP contribution is 2.26. The van der Waals surface area contributed by atoms with Gasteiger partial charge in [0.15, 0.2) is 0 Å². The Morgan fingerprint density at radius 3 is 2.85 bits per heavy atom. The molecule has 0 saturated carbocycles. The van der Waals surface area contributed by atoms with Gasteiger partial charge in [0.05, 0.1) is 11.0 Å². The third-order valence-electron chi connectivity index (χ3n) is 3.63. The van der Waals surface area contributed by atoms with Crippen LogP contribution in [0.3, 0.4) is 0 Å². The third-order valence-corrected chi connectivity index (χ3v) is 6.36. The zero-order valence-corrected chi connectivity index (χ0v) is 13.7. The first-order valence-electron chi connectivity index (χ1n) is 6.79. The number of rotatable bonds is 6. The van der Waals surface area contributed by atoms with E-state index in [-0.39, 0.29) is 12.0 Å². The minimum Gasteiger partial charge on any atom is -0.378 e. The molecule has 0 amide bonds. The van der Waals surface area contributed by atoms with E-state index in [1.807, 2.05) is 20.9 Å². The van der Waals surface area contributed by atoms with Crippen molar-refractivity contribution in [2.24, 2.45) is 5.92 Å². The van der Waals surface area contributed by atoms with Gasteiger partial charge >= 0.3 is 0 Å². The second-order valence-electron chi connectivity index (χ2n) is 5.14. The molecule has 20 heavy (non-hydrogen) atoms. The van der Waals surface area contributed by atoms with Crippen molar-refractivity contribution in [1.29, 1.82) is 0 Å². The first-order valence-corrected chi connectivity index (χ1v) is 9.09. The molecular formula is C13H22N2O3S2. The number of hydrogen-bond acceptors (Lipinski definition) is 5. The van der Waals surface area contributed by atoms with Gasteiger partial charge in [-0.05, 0) is 33.4 Å². The number of ether oxygens (including phenoxy) is 1. The van der Waals surface area contributed by atoms with Gasteiger partial charge in [-0.2, -0.15) is 0 Å². The van der Waals surface area contributed by atoms with Crippen LogP contribution in [0.1, 0.15) is 23.1 Å². The van der Waals surface area contributed by atoms with E-state index in [0.717, 1.165) is 22.8 Å². The van der Waals surface area contributed by atoms with Gasteiger partial charge in [-0.15, -0.1) is 11.3 Å². The maximum absolute atomic E-state index is 12.4. The lowest BCUT2D eigenvalue weighted by Crippen LogP contribution is -2.32. The number of sulfonamides is 1. The maximum atomic E-state index is 12.4. The smallest absolute Gasteiger partial charge is 0.241 e. The quantitative estimate of drug-likeness (QED) is 0.834. The first kappa shape index (κ1) is 15.9. The lowest BCUT2D eigenvalue weighted by Gasteiger charge is -2.14. The minimum atomic E-state index is -3.42. The van der Waals surface area contributed by atoms with Crippen LogP contribution in [0.4, 0.5) is 0 Å². The summed E-state index contributed by atoms with van der Waals surface area (Å²) in [6.45, 7) is 5.69. The molecule has 1 saturated heterocycles. The summed E-state index contributed by atoms with van der Waals surface area (Å²) < 4.78 is 32.9. The fourth-order valence-electron chi connectivity index (χ4n) is 2.39. The average Bonchev–Trinajstić information content (AvgIpc) is 2.94. The number of nitrogens with one attached hydrogen (secondary N) is 2. The summed E-state index contributed by atoms with van der Waals surface area (Å²) in [5.41, 5.74) is 0. The van der Waals surface area contributed by atoms with Crippen LogP contribution in [-0.4, -0.2) is 34.7 Å². The van der Waals surface area contributed by atoms with E-state index >= 15 is 0 Å². The lowest BCUT2D eigenvalue weighted by atomic mass is 10.0. The summed E-state index contributed by atoms with van der Waals surface area (Å²) in [7, 11) is -1.57. The second kappa shape index (κ2) is 6.53. The van der Waals surface area contributed by atoms with Gasteiger partial charge in [-0.1, -0.05) is 0 Å². The molecule has 0 spiro atoms. The van der Waals surface area contributed by atoms with Crippen LogP contribution in [0.2, 0.25) is 0 Å². The van der Waals surface area contributed by atoms with Gasteiger partial charge in [0.2, 0.25) is 10.0 Å². The molecule has 0 bridgehead atoms. The maximum Gasteiger partial charge on any atom is 0.241 e. The fourth-order valence-corrected chi connectivity index (χ4v) is 5.13. The summed E-state index contributed by atoms with van der Waals surface area (Å²) in [4.78, 5) is 2.26. The Bertz CT molecular complexity index is 554. The highest BCUT2D eigenvalue weighted by molar-refractivity contribution is 7.89. The molecule has 5 nitrogen and oxygen atoms in total. The molecule has 1 aromatic rings. The molecule has 0 aromatic carbocycles. The minimum absolute atomic E-state index is 0.126. The van der Waals surface area contributed by atoms with Crippen molar-refractivity contribution in [1.82, 2.24) is 10.0 Å². The van der Waals surface area contributed by atoms with Crippen LogP contribution >= 0.6 is 11.3 Å². The van der Waals surface area contributed by atoms with Crippen LogP contribution in [0.25, 0.3) is 0 Å². The van der Waals surface area contributed by atoms with Gasteiger partial charge in [0.25, 0.3) is 0 Å². The molecule has 1 fully saturated rings. The van der Waals surface area contributed by atoms with Crippen LogP contribution in [0.15, 0.2) is 11.0 Å². The van der Waals surface area contributed by atoms with Crippen molar-refractivity contribution in [2.45, 2.75) is 37.8 Å². The molecule has 2 N–H and O–H groups in total. The molecule has 7 heteroatoms. The van der Waals surface area contributed by atoms with Crippen molar-refractivity contribution in [3.05, 3.63) is 15.8 Å². The molecule has 2 atom stereocenters. The van der Waals surface area contributed by atoms with Crippen molar-refractivity contribution in [2.75, 3.05) is 20.2 Å². The Balaban J connectivity index is 2.06. The Labute approximate surface area is 124 Å². The van der Waals surface area contributed by atoms with E-state index in [1.54, 1.807) is 6.07 Å². The molecule has 1 aliphatic heterocycles. The molecule has 2 heterocycles. The second-order valence-corrected chi connectivity index (χ2v) is 8.22. The molecule has 0 aliphatic carbocycles. The van der Waals surface area contributed by atoms with Crippen molar-refractivity contribution >= 4 is 21.4 Å². The predicted octanol–water partition coefficient (Wildman–Crippen LogP) is 1.48. The van der Waals surface area contributed by atoms with Crippen LogP contribution < -0.4 is 10.0 Å². The number of thiophene rings is 1. The van der Waals surface area contributed by atoms with E-state index in [2.05, 4.69) is 10.0 Å². The average molecular weight is 318 g/mol. The molecule has 114 valence electrons. The van der Waals surface area contributed by atoms with Gasteiger partial charge in [0.1, 0.15) is 0 Å². The first-order chi connectivity index (χ1) is 9.44. The summed E-state index contributed by atoms with van der Waals surface area (Å²) in [5.74, 6) is 0.264. The molecular weight excluding hydrogens is 296 g/mol. The summed E-state index contributed by atoms with van der Waals surface area (Å²) in [6.07, 6.45) is 1.04. The SMILES string of the molecule is CNCc1cc(S(=O)(=O)NCC2CCOC2C)c(C)s1. The van der Waals surface area contributed by atoms with Gasteiger partial charge in [0, 0.05) is 35.4 Å². The zero-order chi connectivity index (χ0) is 14.8. The number of hydrogen-bond donors (Lipinski definition) is 2. The number of aryl methyl sites for hydroxylation is 1. The molecule has 0 radical (unpaired) electrons. The van der Waals surface area contributed by atoms with Gasteiger partial charge in [-0.3, -0.25) is 0 Å². The standard InChI is InChI=1S/C13H22N2O3S2/c1-9-11(4-5-18-9)7-15-20(16,17)13-6-12(8-14-3)19-10(13)2/h6,9,11,14-15H,4-5,7-8H2,1-3H3.